The fourth-order valence-corrected chi connectivity index (χ4v) is 6.06. The molecule has 3 saturated heterocycles. The molecular formula is C30H39FN2O3. The molecule has 0 spiro atoms. The number of unbranched alkanes of at least 4 members (excludes halogenated alkanes) is 1. The van der Waals surface area contributed by atoms with Gasteiger partial charge in [0.1, 0.15) is 17.7 Å². The van der Waals surface area contributed by atoms with Gasteiger partial charge in [0.25, 0.3) is 0 Å². The zero-order chi connectivity index (χ0) is 25.3. The number of hydrogen-bond acceptors (Lipinski definition) is 4. The van der Waals surface area contributed by atoms with Crippen LogP contribution in [-0.4, -0.2) is 43.3 Å². The number of nitrogens with one attached hydrogen (secondary N) is 1. The molecule has 0 unspecified atom stereocenters. The molecule has 194 valence electrons. The number of aryl methyl sites for hydroxylation is 1. The molecule has 1 N–H and O–H groups in total. The molecule has 1 amide bonds. The van der Waals surface area contributed by atoms with Crippen LogP contribution in [0.3, 0.4) is 0 Å². The van der Waals surface area contributed by atoms with E-state index in [9.17, 15) is 4.79 Å². The highest BCUT2D eigenvalue weighted by Gasteiger charge is 2.40. The summed E-state index contributed by atoms with van der Waals surface area (Å²) in [6.45, 7) is 10.1. The highest BCUT2D eigenvalue weighted by atomic mass is 19.1. The first-order chi connectivity index (χ1) is 17.3. The van der Waals surface area contributed by atoms with Crippen molar-refractivity contribution in [2.24, 2.45) is 11.3 Å². The summed E-state index contributed by atoms with van der Waals surface area (Å²) in [4.78, 5) is 15.4. The molecule has 3 fully saturated rings. The standard InChI is InChI=1S/C30H39FN2O3/c1-4-5-15-35-23-8-6-7-21(16-23)24-17-22-9-12-30(2,3)28(25(22)18-26(24)31)32-29(34)36-27-19-33-13-10-20(27)11-14-33/h6-8,16-18,20,27-28H,4-5,9-15,19H2,1-3H3,(H,32,34)/t27-,28-/m0/s1. The molecule has 3 heterocycles. The molecule has 0 radical (unpaired) electrons. The third kappa shape index (κ3) is 5.24. The van der Waals surface area contributed by atoms with Crippen LogP contribution in [-0.2, 0) is 11.2 Å². The lowest BCUT2D eigenvalue weighted by Gasteiger charge is -2.44. The Morgan fingerprint density at radius 1 is 1.19 bits per heavy atom. The molecule has 2 aromatic rings. The number of ether oxygens (including phenoxy) is 2. The van der Waals surface area contributed by atoms with Crippen molar-refractivity contribution in [3.05, 3.63) is 53.3 Å². The fourth-order valence-electron chi connectivity index (χ4n) is 6.06. The predicted molar refractivity (Wildman–Crippen MR) is 140 cm³/mol. The smallest absolute Gasteiger partial charge is 0.407 e. The van der Waals surface area contributed by atoms with E-state index in [-0.39, 0.29) is 29.5 Å². The summed E-state index contributed by atoms with van der Waals surface area (Å²) in [5, 5.41) is 3.13. The van der Waals surface area contributed by atoms with E-state index in [1.54, 1.807) is 6.07 Å². The Hall–Kier alpha value is -2.60. The summed E-state index contributed by atoms with van der Waals surface area (Å²) >= 11 is 0. The van der Waals surface area contributed by atoms with Gasteiger partial charge in [-0.3, -0.25) is 4.90 Å². The summed E-state index contributed by atoms with van der Waals surface area (Å²) in [6.07, 6.45) is 5.54. The van der Waals surface area contributed by atoms with Crippen LogP contribution in [0.5, 0.6) is 5.75 Å². The minimum Gasteiger partial charge on any atom is -0.494 e. The molecule has 2 bridgehead atoms. The maximum Gasteiger partial charge on any atom is 0.407 e. The van der Waals surface area contributed by atoms with Gasteiger partial charge in [-0.25, -0.2) is 9.18 Å². The Morgan fingerprint density at radius 2 is 2.00 bits per heavy atom. The molecular weight excluding hydrogens is 455 g/mol. The van der Waals surface area contributed by atoms with E-state index in [2.05, 4.69) is 31.0 Å². The van der Waals surface area contributed by atoms with Crippen molar-refractivity contribution in [1.82, 2.24) is 10.2 Å². The first-order valence-corrected chi connectivity index (χ1v) is 13.6. The van der Waals surface area contributed by atoms with Crippen LogP contribution in [0.4, 0.5) is 9.18 Å². The summed E-state index contributed by atoms with van der Waals surface area (Å²) in [5.41, 5.74) is 3.11. The van der Waals surface area contributed by atoms with Gasteiger partial charge in [0.15, 0.2) is 0 Å². The van der Waals surface area contributed by atoms with Crippen molar-refractivity contribution in [2.75, 3.05) is 26.2 Å². The van der Waals surface area contributed by atoms with E-state index in [1.807, 2.05) is 30.3 Å². The zero-order valence-corrected chi connectivity index (χ0v) is 21.8. The fraction of sp³-hybridized carbons (Fsp3) is 0.567. The van der Waals surface area contributed by atoms with Gasteiger partial charge in [0.05, 0.1) is 12.6 Å². The van der Waals surface area contributed by atoms with E-state index in [0.717, 1.165) is 80.6 Å². The lowest BCUT2D eigenvalue weighted by Crippen LogP contribution is -2.53. The highest BCUT2D eigenvalue weighted by Crippen LogP contribution is 2.45. The van der Waals surface area contributed by atoms with Crippen LogP contribution in [0.2, 0.25) is 0 Å². The van der Waals surface area contributed by atoms with Gasteiger partial charge >= 0.3 is 6.09 Å². The number of fused-ring (bicyclic) bond motifs is 4. The van der Waals surface area contributed by atoms with Crippen LogP contribution >= 0.6 is 0 Å². The number of benzene rings is 2. The van der Waals surface area contributed by atoms with E-state index < -0.39 is 0 Å². The second-order valence-corrected chi connectivity index (χ2v) is 11.4. The minimum absolute atomic E-state index is 0.0513. The van der Waals surface area contributed by atoms with Crippen LogP contribution in [0.25, 0.3) is 11.1 Å². The van der Waals surface area contributed by atoms with Gasteiger partial charge < -0.3 is 14.8 Å². The van der Waals surface area contributed by atoms with Crippen LogP contribution in [0.1, 0.15) is 70.0 Å². The number of rotatable bonds is 7. The summed E-state index contributed by atoms with van der Waals surface area (Å²) in [7, 11) is 0. The van der Waals surface area contributed by atoms with E-state index in [1.165, 1.54) is 0 Å². The van der Waals surface area contributed by atoms with E-state index >= 15 is 4.39 Å². The van der Waals surface area contributed by atoms with Gasteiger partial charge in [-0.1, -0.05) is 39.3 Å². The molecule has 6 heteroatoms. The SMILES string of the molecule is CCCCOc1cccc(-c2cc3c(cc2F)[C@H](NC(=O)O[C@H]2CN4CCC2CC4)C(C)(C)CC3)c1. The zero-order valence-electron chi connectivity index (χ0n) is 21.8. The van der Waals surface area contributed by atoms with Crippen molar-refractivity contribution in [1.29, 1.82) is 0 Å². The topological polar surface area (TPSA) is 50.8 Å². The molecule has 4 aliphatic rings. The third-order valence-electron chi connectivity index (χ3n) is 8.39. The first kappa shape index (κ1) is 25.1. The normalized spacial score (nSPS) is 26.2. The van der Waals surface area contributed by atoms with Crippen LogP contribution < -0.4 is 10.1 Å². The average Bonchev–Trinajstić information content (AvgIpc) is 2.87. The van der Waals surface area contributed by atoms with Gasteiger partial charge in [-0.05, 0) is 97.5 Å². The third-order valence-corrected chi connectivity index (χ3v) is 8.39. The summed E-state index contributed by atoms with van der Waals surface area (Å²) in [5.74, 6) is 0.929. The number of hydrogen-bond donors (Lipinski definition) is 1. The maximum atomic E-state index is 15.5. The first-order valence-electron chi connectivity index (χ1n) is 13.6. The van der Waals surface area contributed by atoms with Crippen molar-refractivity contribution in [3.8, 4) is 16.9 Å². The lowest BCUT2D eigenvalue weighted by molar-refractivity contribution is -0.0353. The predicted octanol–water partition coefficient (Wildman–Crippen LogP) is 6.51. The number of piperidine rings is 3. The van der Waals surface area contributed by atoms with E-state index in [0.29, 0.717) is 18.1 Å². The number of nitrogens with zero attached hydrogens (tertiary/aromatic N) is 1. The Labute approximate surface area is 214 Å². The Bertz CT molecular complexity index is 1090. The van der Waals surface area contributed by atoms with Gasteiger partial charge in [0, 0.05) is 12.1 Å². The maximum absolute atomic E-state index is 15.5. The lowest BCUT2D eigenvalue weighted by atomic mass is 9.70. The second kappa shape index (κ2) is 10.4. The molecule has 2 atom stereocenters. The molecule has 5 nitrogen and oxygen atoms in total. The van der Waals surface area contributed by atoms with Crippen LogP contribution in [0.15, 0.2) is 36.4 Å². The highest BCUT2D eigenvalue weighted by molar-refractivity contribution is 5.70. The summed E-state index contributed by atoms with van der Waals surface area (Å²) < 4.78 is 27.3. The monoisotopic (exact) mass is 494 g/mol. The number of amides is 1. The number of halogens is 1. The largest absolute Gasteiger partial charge is 0.494 e. The number of carbonyl (C=O) groups excluding carboxylic acids is 1. The van der Waals surface area contributed by atoms with E-state index in [4.69, 9.17) is 9.47 Å². The van der Waals surface area contributed by atoms with Crippen molar-refractivity contribution < 1.29 is 18.7 Å². The Balaban J connectivity index is 1.35. The quantitative estimate of drug-likeness (QED) is 0.446. The molecule has 2 aromatic carbocycles. The second-order valence-electron chi connectivity index (χ2n) is 11.4. The molecule has 36 heavy (non-hydrogen) atoms. The molecule has 1 aliphatic carbocycles. The molecule has 0 aromatic heterocycles. The average molecular weight is 495 g/mol. The summed E-state index contributed by atoms with van der Waals surface area (Å²) in [6, 6.07) is 10.9. The molecule has 6 rings (SSSR count). The number of carbonyl (C=O) groups is 1. The molecule has 0 saturated carbocycles. The number of alkyl carbamates (subject to hydrolysis) is 1. The Morgan fingerprint density at radius 3 is 2.72 bits per heavy atom. The van der Waals surface area contributed by atoms with Crippen molar-refractivity contribution in [3.63, 3.8) is 0 Å². The van der Waals surface area contributed by atoms with Crippen LogP contribution in [0, 0.1) is 17.2 Å². The molecule has 3 aliphatic heterocycles. The van der Waals surface area contributed by atoms with Gasteiger partial charge in [0.2, 0.25) is 0 Å². The minimum atomic E-state index is -0.388. The van der Waals surface area contributed by atoms with Crippen molar-refractivity contribution >= 4 is 6.09 Å². The van der Waals surface area contributed by atoms with Crippen molar-refractivity contribution in [2.45, 2.75) is 71.4 Å². The van der Waals surface area contributed by atoms with Gasteiger partial charge in [-0.15, -0.1) is 0 Å². The van der Waals surface area contributed by atoms with Gasteiger partial charge in [-0.2, -0.15) is 0 Å². The Kier molecular flexibility index (Phi) is 7.25.